The van der Waals surface area contributed by atoms with E-state index < -0.39 is 0 Å². The molecule has 1 aliphatic heterocycles. The summed E-state index contributed by atoms with van der Waals surface area (Å²) >= 11 is 0. The second-order valence-corrected chi connectivity index (χ2v) is 6.12. The highest BCUT2D eigenvalue weighted by atomic mass is 19.1. The first-order chi connectivity index (χ1) is 11.1. The van der Waals surface area contributed by atoms with E-state index in [1.54, 1.807) is 16.8 Å². The molecule has 0 N–H and O–H groups in total. The van der Waals surface area contributed by atoms with Crippen molar-refractivity contribution >= 4 is 5.91 Å². The van der Waals surface area contributed by atoms with Crippen LogP contribution in [0.3, 0.4) is 0 Å². The van der Waals surface area contributed by atoms with E-state index in [1.165, 1.54) is 18.6 Å². The number of hydrogen-bond donors (Lipinski definition) is 0. The molecule has 0 saturated carbocycles. The van der Waals surface area contributed by atoms with Crippen molar-refractivity contribution in [3.05, 3.63) is 41.8 Å². The summed E-state index contributed by atoms with van der Waals surface area (Å²) in [4.78, 5) is 14.3. The predicted molar refractivity (Wildman–Crippen MR) is 87.4 cm³/mol. The molecular weight excluding hydrogens is 293 g/mol. The van der Waals surface area contributed by atoms with Crippen molar-refractivity contribution in [2.45, 2.75) is 32.1 Å². The lowest BCUT2D eigenvalue weighted by Crippen LogP contribution is -2.35. The normalized spacial score (nSPS) is 15.0. The number of amides is 1. The molecule has 1 fully saturated rings. The molecule has 1 amide bonds. The molecule has 2 heterocycles. The molecule has 0 aliphatic carbocycles. The Bertz CT molecular complexity index is 672. The zero-order valence-electron chi connectivity index (χ0n) is 13.5. The summed E-state index contributed by atoms with van der Waals surface area (Å²) in [7, 11) is 1.86. The number of carbonyl (C=O) groups is 1. The second-order valence-electron chi connectivity index (χ2n) is 6.12. The van der Waals surface area contributed by atoms with Gasteiger partial charge in [0.1, 0.15) is 5.82 Å². The number of aromatic nitrogens is 2. The molecule has 1 saturated heterocycles. The van der Waals surface area contributed by atoms with E-state index in [2.05, 4.69) is 5.10 Å². The van der Waals surface area contributed by atoms with Gasteiger partial charge in [0.05, 0.1) is 5.69 Å². The molecule has 0 atom stereocenters. The van der Waals surface area contributed by atoms with Gasteiger partial charge in [0.2, 0.25) is 5.91 Å². The van der Waals surface area contributed by atoms with E-state index in [1.807, 2.05) is 18.1 Å². The van der Waals surface area contributed by atoms with E-state index in [4.69, 9.17) is 0 Å². The first-order valence-corrected chi connectivity index (χ1v) is 8.20. The average molecular weight is 315 g/mol. The third-order valence-electron chi connectivity index (χ3n) is 4.34. The maximum Gasteiger partial charge on any atom is 0.222 e. The average Bonchev–Trinajstić information content (AvgIpc) is 2.95. The van der Waals surface area contributed by atoms with E-state index in [0.717, 1.165) is 42.8 Å². The lowest BCUT2D eigenvalue weighted by atomic mass is 10.0. The molecule has 3 rings (SSSR count). The molecule has 0 radical (unpaired) electrons. The van der Waals surface area contributed by atoms with Crippen molar-refractivity contribution in [2.75, 3.05) is 13.1 Å². The minimum Gasteiger partial charge on any atom is -0.343 e. The van der Waals surface area contributed by atoms with Crippen LogP contribution in [0.2, 0.25) is 0 Å². The number of rotatable bonds is 4. The van der Waals surface area contributed by atoms with E-state index >= 15 is 0 Å². The van der Waals surface area contributed by atoms with Crippen LogP contribution in [0.5, 0.6) is 0 Å². The second kappa shape index (κ2) is 6.94. The fourth-order valence-electron chi connectivity index (χ4n) is 3.11. The highest BCUT2D eigenvalue weighted by Crippen LogP contribution is 2.23. The zero-order chi connectivity index (χ0) is 16.2. The van der Waals surface area contributed by atoms with Gasteiger partial charge in [-0.15, -0.1) is 0 Å². The number of hydrogen-bond acceptors (Lipinski definition) is 2. The third-order valence-corrected chi connectivity index (χ3v) is 4.34. The Kier molecular flexibility index (Phi) is 4.74. The lowest BCUT2D eigenvalue weighted by molar-refractivity contribution is -0.132. The van der Waals surface area contributed by atoms with Crippen molar-refractivity contribution in [1.82, 2.24) is 14.7 Å². The zero-order valence-corrected chi connectivity index (χ0v) is 13.5. The van der Waals surface area contributed by atoms with Gasteiger partial charge in [-0.3, -0.25) is 9.48 Å². The molecule has 122 valence electrons. The fraction of sp³-hybridized carbons (Fsp3) is 0.444. The molecule has 1 aliphatic rings. The Morgan fingerprint density at radius 2 is 1.87 bits per heavy atom. The smallest absolute Gasteiger partial charge is 0.222 e. The Morgan fingerprint density at radius 1 is 1.17 bits per heavy atom. The summed E-state index contributed by atoms with van der Waals surface area (Å²) < 4.78 is 14.8. The number of benzene rings is 1. The third kappa shape index (κ3) is 3.78. The lowest BCUT2D eigenvalue weighted by Gasteiger charge is -2.26. The Balaban J connectivity index is 1.70. The molecule has 4 nitrogen and oxygen atoms in total. The largest absolute Gasteiger partial charge is 0.343 e. The monoisotopic (exact) mass is 315 g/mol. The van der Waals surface area contributed by atoms with Crippen molar-refractivity contribution in [3.63, 3.8) is 0 Å². The Morgan fingerprint density at radius 3 is 2.57 bits per heavy atom. The van der Waals surface area contributed by atoms with Crippen LogP contribution in [-0.4, -0.2) is 33.7 Å². The van der Waals surface area contributed by atoms with Crippen molar-refractivity contribution < 1.29 is 9.18 Å². The summed E-state index contributed by atoms with van der Waals surface area (Å²) in [5, 5.41) is 4.47. The Hall–Kier alpha value is -2.17. The molecule has 0 unspecified atom stereocenters. The van der Waals surface area contributed by atoms with Crippen molar-refractivity contribution in [3.8, 4) is 11.3 Å². The van der Waals surface area contributed by atoms with Crippen LogP contribution in [-0.2, 0) is 18.3 Å². The molecule has 5 heteroatoms. The van der Waals surface area contributed by atoms with E-state index in [0.29, 0.717) is 12.8 Å². The summed E-state index contributed by atoms with van der Waals surface area (Å²) in [6, 6.07) is 6.33. The standard InChI is InChI=1S/C18H22FN3O/c1-21-13-15(7-10-17(23)22-11-3-2-4-12-22)18(20-21)14-5-8-16(19)9-6-14/h5-6,8-9,13H,2-4,7,10-12H2,1H3. The maximum atomic E-state index is 13.1. The van der Waals surface area contributed by atoms with Crippen LogP contribution in [0.1, 0.15) is 31.2 Å². The summed E-state index contributed by atoms with van der Waals surface area (Å²) in [6.45, 7) is 1.77. The van der Waals surface area contributed by atoms with Crippen LogP contribution in [0.25, 0.3) is 11.3 Å². The van der Waals surface area contributed by atoms with Crippen LogP contribution in [0.15, 0.2) is 30.5 Å². The van der Waals surface area contributed by atoms with E-state index in [9.17, 15) is 9.18 Å². The van der Waals surface area contributed by atoms with Gasteiger partial charge in [-0.25, -0.2) is 4.39 Å². The SMILES string of the molecule is Cn1cc(CCC(=O)N2CCCCC2)c(-c2ccc(F)cc2)n1. The minimum absolute atomic E-state index is 0.221. The number of likely N-dealkylation sites (tertiary alicyclic amines) is 1. The van der Waals surface area contributed by atoms with Crippen molar-refractivity contribution in [1.29, 1.82) is 0 Å². The molecular formula is C18H22FN3O. The van der Waals surface area contributed by atoms with Gasteiger partial charge in [0.25, 0.3) is 0 Å². The minimum atomic E-state index is -0.258. The molecule has 1 aromatic heterocycles. The molecule has 1 aromatic carbocycles. The molecule has 0 bridgehead atoms. The van der Waals surface area contributed by atoms with E-state index in [-0.39, 0.29) is 11.7 Å². The number of nitrogens with zero attached hydrogens (tertiary/aromatic N) is 3. The highest BCUT2D eigenvalue weighted by molar-refractivity contribution is 5.77. The molecule has 23 heavy (non-hydrogen) atoms. The van der Waals surface area contributed by atoms with Gasteiger partial charge in [0, 0.05) is 38.3 Å². The van der Waals surface area contributed by atoms with Gasteiger partial charge < -0.3 is 4.90 Å². The molecule has 0 spiro atoms. The van der Waals surface area contributed by atoms with Gasteiger partial charge in [0.15, 0.2) is 0 Å². The summed E-state index contributed by atoms with van der Waals surface area (Å²) in [5.74, 6) is -0.0369. The quantitative estimate of drug-likeness (QED) is 0.869. The highest BCUT2D eigenvalue weighted by Gasteiger charge is 2.18. The number of piperidine rings is 1. The number of carbonyl (C=O) groups excluding carboxylic acids is 1. The predicted octanol–water partition coefficient (Wildman–Crippen LogP) is 3.17. The molecule has 2 aromatic rings. The van der Waals surface area contributed by atoms with Crippen LogP contribution in [0, 0.1) is 5.82 Å². The topological polar surface area (TPSA) is 38.1 Å². The Labute approximate surface area is 135 Å². The summed E-state index contributed by atoms with van der Waals surface area (Å²) in [6.07, 6.45) is 6.55. The van der Waals surface area contributed by atoms with Crippen LogP contribution >= 0.6 is 0 Å². The summed E-state index contributed by atoms with van der Waals surface area (Å²) in [5.41, 5.74) is 2.75. The van der Waals surface area contributed by atoms with Crippen molar-refractivity contribution in [2.24, 2.45) is 7.05 Å². The van der Waals surface area contributed by atoms with Gasteiger partial charge in [-0.1, -0.05) is 0 Å². The number of aryl methyl sites for hydroxylation is 2. The number of halogens is 1. The maximum absolute atomic E-state index is 13.1. The van der Waals surface area contributed by atoms with Crippen LogP contribution < -0.4 is 0 Å². The van der Waals surface area contributed by atoms with Gasteiger partial charge in [-0.2, -0.15) is 5.10 Å². The van der Waals surface area contributed by atoms with Gasteiger partial charge in [-0.05, 0) is 55.5 Å². The van der Waals surface area contributed by atoms with Gasteiger partial charge >= 0.3 is 0 Å². The first-order valence-electron chi connectivity index (χ1n) is 8.20. The van der Waals surface area contributed by atoms with Crippen LogP contribution in [0.4, 0.5) is 4.39 Å². The first kappa shape index (κ1) is 15.7. The fourth-order valence-corrected chi connectivity index (χ4v) is 3.11.